The van der Waals surface area contributed by atoms with Crippen molar-refractivity contribution < 1.29 is 23.4 Å². The number of hydrogen-bond acceptors (Lipinski definition) is 5. The highest BCUT2D eigenvalue weighted by Crippen LogP contribution is 2.70. The molecule has 0 radical (unpaired) electrons. The van der Waals surface area contributed by atoms with Gasteiger partial charge in [-0.25, -0.2) is 0 Å². The Morgan fingerprint density at radius 2 is 2.03 bits per heavy atom. The standard InChI is InChI=1S/C24H36O5/c1-8-13(3)22(25)28-21-20-14(4)12-26-18(20)11-24-19(29-24)10-17(27-15(5)9-2)16(6)23(21,24)7/h12-13,15-17,19,21H,8-11H2,1-7H3. The van der Waals surface area contributed by atoms with Crippen LogP contribution in [0.3, 0.4) is 0 Å². The quantitative estimate of drug-likeness (QED) is 0.485. The van der Waals surface area contributed by atoms with Gasteiger partial charge in [-0.3, -0.25) is 4.79 Å². The fraction of sp³-hybridized carbons (Fsp3) is 0.792. The Morgan fingerprint density at radius 1 is 1.31 bits per heavy atom. The Hall–Kier alpha value is -1.33. The van der Waals surface area contributed by atoms with Crippen LogP contribution in [-0.4, -0.2) is 29.9 Å². The molecule has 1 aromatic heterocycles. The number of carbonyl (C=O) groups is 1. The van der Waals surface area contributed by atoms with Gasteiger partial charge in [0.15, 0.2) is 0 Å². The summed E-state index contributed by atoms with van der Waals surface area (Å²) in [6.07, 6.45) is 5.21. The average Bonchev–Trinajstić information content (AvgIpc) is 3.28. The Morgan fingerprint density at radius 3 is 2.69 bits per heavy atom. The second-order valence-electron chi connectivity index (χ2n) is 9.76. The van der Waals surface area contributed by atoms with Crippen LogP contribution >= 0.6 is 0 Å². The fourth-order valence-electron chi connectivity index (χ4n) is 5.61. The number of ether oxygens (including phenoxy) is 3. The van der Waals surface area contributed by atoms with E-state index in [2.05, 4.69) is 27.7 Å². The lowest BCUT2D eigenvalue weighted by atomic mass is 9.53. The van der Waals surface area contributed by atoms with Crippen molar-refractivity contribution in [3.63, 3.8) is 0 Å². The zero-order valence-electron chi connectivity index (χ0n) is 18.9. The molecule has 3 aliphatic rings. The van der Waals surface area contributed by atoms with Crippen molar-refractivity contribution in [2.24, 2.45) is 17.3 Å². The first kappa shape index (κ1) is 20.9. The predicted molar refractivity (Wildman–Crippen MR) is 110 cm³/mol. The van der Waals surface area contributed by atoms with Gasteiger partial charge in [0.1, 0.15) is 17.5 Å². The first-order chi connectivity index (χ1) is 13.7. The van der Waals surface area contributed by atoms with Crippen LogP contribution in [0.1, 0.15) is 83.8 Å². The van der Waals surface area contributed by atoms with Gasteiger partial charge in [-0.15, -0.1) is 0 Å². The molecule has 0 N–H and O–H groups in total. The third kappa shape index (κ3) is 2.91. The van der Waals surface area contributed by atoms with Crippen LogP contribution in [0.2, 0.25) is 0 Å². The summed E-state index contributed by atoms with van der Waals surface area (Å²) in [5.41, 5.74) is 1.39. The molecule has 8 unspecified atom stereocenters. The topological polar surface area (TPSA) is 61.2 Å². The first-order valence-corrected chi connectivity index (χ1v) is 11.3. The minimum absolute atomic E-state index is 0.0918. The number of furan rings is 1. The van der Waals surface area contributed by atoms with E-state index in [1.54, 1.807) is 6.26 Å². The third-order valence-electron chi connectivity index (χ3n) is 8.24. The second-order valence-corrected chi connectivity index (χ2v) is 9.76. The van der Waals surface area contributed by atoms with Crippen LogP contribution in [0.5, 0.6) is 0 Å². The maximum absolute atomic E-state index is 12.9. The van der Waals surface area contributed by atoms with E-state index in [-0.39, 0.29) is 53.2 Å². The van der Waals surface area contributed by atoms with Crippen molar-refractivity contribution in [1.82, 2.24) is 0 Å². The zero-order valence-corrected chi connectivity index (χ0v) is 18.9. The third-order valence-corrected chi connectivity index (χ3v) is 8.24. The molecule has 0 bridgehead atoms. The SMILES string of the molecule is CCC(C)OC1CC2OC23Cc2occ(C)c2C(OC(=O)C(C)CC)C3(C)C1C. The van der Waals surface area contributed by atoms with Gasteiger partial charge in [-0.1, -0.05) is 34.6 Å². The zero-order chi connectivity index (χ0) is 21.1. The molecule has 1 saturated heterocycles. The van der Waals surface area contributed by atoms with Crippen molar-refractivity contribution in [1.29, 1.82) is 0 Å². The summed E-state index contributed by atoms with van der Waals surface area (Å²) in [6, 6.07) is 0. The minimum atomic E-state index is -0.380. The smallest absolute Gasteiger partial charge is 0.309 e. The lowest BCUT2D eigenvalue weighted by Crippen LogP contribution is -2.59. The second kappa shape index (κ2) is 7.12. The van der Waals surface area contributed by atoms with Gasteiger partial charge in [0.2, 0.25) is 0 Å². The summed E-state index contributed by atoms with van der Waals surface area (Å²) < 4.78 is 25.1. The fourth-order valence-corrected chi connectivity index (χ4v) is 5.61. The molecule has 0 amide bonds. The largest absolute Gasteiger partial charge is 0.469 e. The van der Waals surface area contributed by atoms with E-state index in [1.807, 2.05) is 20.8 Å². The maximum atomic E-state index is 12.9. The number of aryl methyl sites for hydroxylation is 1. The number of carbonyl (C=O) groups excluding carboxylic acids is 1. The van der Waals surface area contributed by atoms with Gasteiger partial charge >= 0.3 is 5.97 Å². The Bertz CT molecular complexity index is 784. The van der Waals surface area contributed by atoms with Crippen molar-refractivity contribution in [3.05, 3.63) is 23.2 Å². The molecular formula is C24H36O5. The van der Waals surface area contributed by atoms with Crippen LogP contribution in [0, 0.1) is 24.2 Å². The monoisotopic (exact) mass is 404 g/mol. The van der Waals surface area contributed by atoms with Gasteiger partial charge in [-0.2, -0.15) is 0 Å². The Balaban J connectivity index is 1.76. The van der Waals surface area contributed by atoms with Crippen LogP contribution in [0.15, 0.2) is 10.7 Å². The molecule has 162 valence electrons. The Labute approximate surface area is 174 Å². The molecule has 1 aliphatic heterocycles. The van der Waals surface area contributed by atoms with Gasteiger partial charge in [0.05, 0.1) is 30.5 Å². The Kier molecular flexibility index (Phi) is 5.14. The van der Waals surface area contributed by atoms with E-state index in [0.717, 1.165) is 42.6 Å². The molecule has 5 nitrogen and oxygen atoms in total. The molecule has 2 fully saturated rings. The van der Waals surface area contributed by atoms with Gasteiger partial charge < -0.3 is 18.6 Å². The van der Waals surface area contributed by atoms with Crippen molar-refractivity contribution >= 4 is 5.97 Å². The van der Waals surface area contributed by atoms with Gasteiger partial charge in [0, 0.05) is 23.8 Å². The van der Waals surface area contributed by atoms with E-state index >= 15 is 0 Å². The van der Waals surface area contributed by atoms with E-state index in [0.29, 0.717) is 0 Å². The van der Waals surface area contributed by atoms with E-state index < -0.39 is 0 Å². The molecule has 5 heteroatoms. The van der Waals surface area contributed by atoms with Crippen molar-refractivity contribution in [3.8, 4) is 0 Å². The summed E-state index contributed by atoms with van der Waals surface area (Å²) in [4.78, 5) is 12.9. The van der Waals surface area contributed by atoms with Crippen LogP contribution in [0.25, 0.3) is 0 Å². The molecule has 1 saturated carbocycles. The molecule has 1 spiro atoms. The van der Waals surface area contributed by atoms with Crippen molar-refractivity contribution in [2.45, 2.75) is 104 Å². The number of hydrogen-bond donors (Lipinski definition) is 0. The summed E-state index contributed by atoms with van der Waals surface area (Å²) >= 11 is 0. The minimum Gasteiger partial charge on any atom is -0.469 e. The van der Waals surface area contributed by atoms with E-state index in [4.69, 9.17) is 18.6 Å². The van der Waals surface area contributed by atoms with Crippen LogP contribution in [0.4, 0.5) is 0 Å². The molecule has 8 atom stereocenters. The number of esters is 1. The normalized spacial score (nSPS) is 39.7. The lowest BCUT2D eigenvalue weighted by molar-refractivity contribution is -0.185. The highest BCUT2D eigenvalue weighted by Gasteiger charge is 2.77. The molecule has 2 heterocycles. The number of fused-ring (bicyclic) bond motifs is 1. The van der Waals surface area contributed by atoms with Gasteiger partial charge in [-0.05, 0) is 38.2 Å². The number of epoxide rings is 1. The molecular weight excluding hydrogens is 368 g/mol. The summed E-state index contributed by atoms with van der Waals surface area (Å²) in [6.45, 7) is 14.8. The molecule has 4 rings (SSSR count). The highest BCUT2D eigenvalue weighted by molar-refractivity contribution is 5.72. The lowest BCUT2D eigenvalue weighted by Gasteiger charge is -2.53. The molecule has 2 aliphatic carbocycles. The molecule has 29 heavy (non-hydrogen) atoms. The highest BCUT2D eigenvalue weighted by atomic mass is 16.6. The molecule has 0 aromatic carbocycles. The first-order valence-electron chi connectivity index (χ1n) is 11.3. The maximum Gasteiger partial charge on any atom is 0.309 e. The van der Waals surface area contributed by atoms with Crippen LogP contribution < -0.4 is 0 Å². The van der Waals surface area contributed by atoms with E-state index in [9.17, 15) is 4.79 Å². The molecule has 1 aromatic rings. The summed E-state index contributed by atoms with van der Waals surface area (Å²) in [5, 5.41) is 0. The van der Waals surface area contributed by atoms with E-state index in [1.165, 1.54) is 0 Å². The number of rotatable bonds is 6. The average molecular weight is 405 g/mol. The summed E-state index contributed by atoms with van der Waals surface area (Å²) in [7, 11) is 0. The van der Waals surface area contributed by atoms with Crippen LogP contribution in [-0.2, 0) is 25.4 Å². The van der Waals surface area contributed by atoms with Gasteiger partial charge in [0.25, 0.3) is 0 Å². The predicted octanol–water partition coefficient (Wildman–Crippen LogP) is 5.14. The van der Waals surface area contributed by atoms with Crippen molar-refractivity contribution in [2.75, 3.05) is 0 Å². The summed E-state index contributed by atoms with van der Waals surface area (Å²) in [5.74, 6) is 0.830.